The summed E-state index contributed by atoms with van der Waals surface area (Å²) in [6.45, 7) is 2.86. The number of nitrogens with zero attached hydrogens (tertiary/aromatic N) is 5. The largest absolute Gasteiger partial charge is 0.493 e. The third-order valence-electron chi connectivity index (χ3n) is 8.82. The molecule has 0 radical (unpaired) electrons. The Balaban J connectivity index is 1.27. The van der Waals surface area contributed by atoms with Gasteiger partial charge in [-0.15, -0.1) is 11.3 Å². The molecule has 0 spiro atoms. The van der Waals surface area contributed by atoms with Gasteiger partial charge in [0.05, 0.1) is 59.1 Å². The van der Waals surface area contributed by atoms with Crippen molar-refractivity contribution in [2.45, 2.75) is 57.2 Å². The summed E-state index contributed by atoms with van der Waals surface area (Å²) in [5.74, 6) is 0.412. The van der Waals surface area contributed by atoms with E-state index in [9.17, 15) is 19.5 Å². The number of carbonyl (C=O) groups excluding carboxylic acids is 2. The molecule has 2 aliphatic rings. The Kier molecular flexibility index (Phi) is 9.38. The molecular weight excluding hydrogens is 608 g/mol. The molecule has 1 saturated heterocycles. The van der Waals surface area contributed by atoms with Crippen LogP contribution in [0.1, 0.15) is 53.6 Å². The van der Waals surface area contributed by atoms with Crippen molar-refractivity contribution in [3.8, 4) is 17.0 Å². The van der Waals surface area contributed by atoms with Crippen molar-refractivity contribution in [2.75, 3.05) is 33.4 Å². The summed E-state index contributed by atoms with van der Waals surface area (Å²) in [6.07, 6.45) is 4.16. The van der Waals surface area contributed by atoms with E-state index in [1.165, 1.54) is 12.0 Å². The van der Waals surface area contributed by atoms with Crippen LogP contribution >= 0.6 is 11.3 Å². The van der Waals surface area contributed by atoms with Gasteiger partial charge in [-0.3, -0.25) is 4.79 Å². The minimum atomic E-state index is -1.02. The molecule has 1 aliphatic carbocycles. The first-order valence-corrected chi connectivity index (χ1v) is 16.4. The number of aryl methyl sites for hydroxylation is 1. The van der Waals surface area contributed by atoms with Gasteiger partial charge in [0.2, 0.25) is 0 Å². The average Bonchev–Trinajstić information content (AvgIpc) is 3.68. The highest BCUT2D eigenvalue weighted by Crippen LogP contribution is 2.35. The maximum Gasteiger partial charge on any atom is 0.407 e. The zero-order valence-corrected chi connectivity index (χ0v) is 26.7. The van der Waals surface area contributed by atoms with Crippen molar-refractivity contribution in [1.82, 2.24) is 29.7 Å². The van der Waals surface area contributed by atoms with Crippen LogP contribution in [-0.2, 0) is 4.74 Å². The van der Waals surface area contributed by atoms with Gasteiger partial charge in [-0.05, 0) is 31.9 Å². The van der Waals surface area contributed by atoms with E-state index in [2.05, 4.69) is 15.3 Å². The van der Waals surface area contributed by atoms with Crippen molar-refractivity contribution in [3.05, 3.63) is 65.6 Å². The van der Waals surface area contributed by atoms with Crippen molar-refractivity contribution in [3.63, 3.8) is 0 Å². The predicted octanol–water partition coefficient (Wildman–Crippen LogP) is 5.58. The molecule has 3 amide bonds. The number of fused-ring (bicyclic) bond motifs is 1. The summed E-state index contributed by atoms with van der Waals surface area (Å²) < 4.78 is 14.1. The molecule has 2 aromatic carbocycles. The molecule has 1 aliphatic heterocycles. The van der Waals surface area contributed by atoms with Gasteiger partial charge in [-0.25, -0.2) is 19.6 Å². The van der Waals surface area contributed by atoms with Gasteiger partial charge in [0.15, 0.2) is 5.69 Å². The fourth-order valence-electron chi connectivity index (χ4n) is 6.58. The zero-order chi connectivity index (χ0) is 32.2. The molecule has 13 heteroatoms. The van der Waals surface area contributed by atoms with E-state index in [0.29, 0.717) is 30.2 Å². The number of nitrogens with one attached hydrogen (secondary N) is 1. The van der Waals surface area contributed by atoms with Crippen LogP contribution in [0.25, 0.3) is 21.5 Å². The predicted molar refractivity (Wildman–Crippen MR) is 173 cm³/mol. The summed E-state index contributed by atoms with van der Waals surface area (Å²) >= 11 is 1.62. The normalized spacial score (nSPS) is 20.0. The summed E-state index contributed by atoms with van der Waals surface area (Å²) in [5, 5.41) is 13.7. The lowest BCUT2D eigenvalue weighted by Crippen LogP contribution is -2.56. The summed E-state index contributed by atoms with van der Waals surface area (Å²) in [7, 11) is 1.35. The first-order chi connectivity index (χ1) is 22.3. The van der Waals surface area contributed by atoms with Crippen LogP contribution in [0.15, 0.2) is 54.9 Å². The lowest BCUT2D eigenvalue weighted by Gasteiger charge is -2.40. The first kappa shape index (κ1) is 31.3. The second kappa shape index (κ2) is 13.8. The summed E-state index contributed by atoms with van der Waals surface area (Å²) in [4.78, 5) is 50.9. The Labute approximate surface area is 270 Å². The minimum Gasteiger partial charge on any atom is -0.493 e. The third-order valence-corrected chi connectivity index (χ3v) is 9.77. The smallest absolute Gasteiger partial charge is 0.407 e. The van der Waals surface area contributed by atoms with E-state index in [0.717, 1.165) is 46.5 Å². The molecule has 242 valence electrons. The number of imidazole rings is 1. The molecular formula is C33H38N6O6S. The first-order valence-electron chi connectivity index (χ1n) is 15.6. The van der Waals surface area contributed by atoms with Crippen molar-refractivity contribution >= 4 is 39.6 Å². The third kappa shape index (κ3) is 6.64. The number of alkyl carbamates (subject to hydrolysis) is 1. The SMILES string of the molecule is COC(=O)N[C@H]1CCCC[C@@H]1n1cnc(C(=O)N2CCN(C(=O)O)C[C@H]2CCOc2ccc3sc(C)nc3c2)c1-c1ccccc1. The van der Waals surface area contributed by atoms with Crippen LogP contribution < -0.4 is 10.1 Å². The maximum atomic E-state index is 14.4. The molecule has 4 aromatic rings. The second-order valence-corrected chi connectivity index (χ2v) is 12.9. The number of hydrogen-bond donors (Lipinski definition) is 2. The minimum absolute atomic E-state index is 0.121. The summed E-state index contributed by atoms with van der Waals surface area (Å²) in [5.41, 5.74) is 2.68. The van der Waals surface area contributed by atoms with Gasteiger partial charge in [0, 0.05) is 37.7 Å². The summed E-state index contributed by atoms with van der Waals surface area (Å²) in [6, 6.07) is 14.7. The zero-order valence-electron chi connectivity index (χ0n) is 25.9. The van der Waals surface area contributed by atoms with Crippen molar-refractivity contribution in [1.29, 1.82) is 0 Å². The quantitative estimate of drug-likeness (QED) is 0.253. The van der Waals surface area contributed by atoms with Crippen LogP contribution in [-0.4, -0.2) is 93.0 Å². The molecule has 3 atom stereocenters. The molecule has 0 bridgehead atoms. The molecule has 46 heavy (non-hydrogen) atoms. The van der Waals surface area contributed by atoms with Crippen LogP contribution in [0.2, 0.25) is 0 Å². The van der Waals surface area contributed by atoms with Crippen molar-refractivity contribution < 1.29 is 29.0 Å². The lowest BCUT2D eigenvalue weighted by molar-refractivity contribution is 0.0401. The Morgan fingerprint density at radius 2 is 1.89 bits per heavy atom. The van der Waals surface area contributed by atoms with E-state index in [1.807, 2.05) is 60.0 Å². The van der Waals surface area contributed by atoms with Gasteiger partial charge < -0.3 is 34.3 Å². The van der Waals surface area contributed by atoms with E-state index in [1.54, 1.807) is 22.6 Å². The van der Waals surface area contributed by atoms with Crippen molar-refractivity contribution in [2.24, 2.45) is 0 Å². The monoisotopic (exact) mass is 646 g/mol. The molecule has 12 nitrogen and oxygen atoms in total. The number of ether oxygens (including phenoxy) is 2. The highest BCUT2D eigenvalue weighted by molar-refractivity contribution is 7.18. The Hall–Kier alpha value is -4.65. The molecule has 2 N–H and O–H groups in total. The number of amides is 3. The number of benzene rings is 2. The number of carbonyl (C=O) groups is 3. The van der Waals surface area contributed by atoms with E-state index in [-0.39, 0.29) is 37.6 Å². The van der Waals surface area contributed by atoms with Gasteiger partial charge in [0.25, 0.3) is 5.91 Å². The topological polar surface area (TPSA) is 139 Å². The number of thiazole rings is 1. The molecule has 1 saturated carbocycles. The fourth-order valence-corrected chi connectivity index (χ4v) is 7.39. The molecule has 6 rings (SSSR count). The van der Waals surface area contributed by atoms with E-state index in [4.69, 9.17) is 9.47 Å². The maximum absolute atomic E-state index is 14.4. The highest BCUT2D eigenvalue weighted by Gasteiger charge is 2.37. The number of carboxylic acid groups (broad SMARTS) is 1. The molecule has 2 fully saturated rings. The van der Waals surface area contributed by atoms with E-state index < -0.39 is 18.2 Å². The number of aromatic nitrogens is 3. The Morgan fingerprint density at radius 1 is 1.09 bits per heavy atom. The van der Waals surface area contributed by atoms with Gasteiger partial charge in [0.1, 0.15) is 5.75 Å². The Morgan fingerprint density at radius 3 is 2.67 bits per heavy atom. The number of methoxy groups -OCH3 is 1. The van der Waals surface area contributed by atoms with Crippen LogP contribution in [0.3, 0.4) is 0 Å². The number of hydrogen-bond acceptors (Lipinski definition) is 8. The lowest BCUT2D eigenvalue weighted by atomic mass is 9.89. The molecule has 2 aromatic heterocycles. The highest BCUT2D eigenvalue weighted by atomic mass is 32.1. The molecule has 3 heterocycles. The standard InChI is InChI=1S/C33H38N6O6S/c1-21-35-26-18-24(12-13-28(26)46-21)45-17-14-23-19-37(33(42)43)15-16-38(23)31(40)29-30(22-8-4-3-5-9-22)39(20-34-29)27-11-7-6-10-25(27)36-32(41)44-2/h3-5,8-9,12-13,18,20,23,25,27H,6-7,10-11,14-17,19H2,1-2H3,(H,36,41)(H,42,43)/t23-,25+,27+/m1/s1. The average molecular weight is 647 g/mol. The number of rotatable bonds is 8. The second-order valence-electron chi connectivity index (χ2n) is 11.7. The van der Waals surface area contributed by atoms with E-state index >= 15 is 0 Å². The van der Waals surface area contributed by atoms with Crippen LogP contribution in [0.5, 0.6) is 5.75 Å². The number of piperazine rings is 1. The van der Waals surface area contributed by atoms with Gasteiger partial charge >= 0.3 is 12.2 Å². The van der Waals surface area contributed by atoms with Gasteiger partial charge in [-0.1, -0.05) is 43.2 Å². The van der Waals surface area contributed by atoms with Crippen LogP contribution in [0, 0.1) is 6.92 Å². The fraction of sp³-hybridized carbons (Fsp3) is 0.424. The van der Waals surface area contributed by atoms with Gasteiger partial charge in [-0.2, -0.15) is 0 Å². The molecule has 0 unspecified atom stereocenters. The van der Waals surface area contributed by atoms with Crippen LogP contribution in [0.4, 0.5) is 9.59 Å². The Bertz CT molecular complexity index is 1710.